The number of β-amino-alcohol motifs (C(OH)–C–C–N with tert-alkyl or cyclic N) is 1. The van der Waals surface area contributed by atoms with Crippen molar-refractivity contribution in [3.05, 3.63) is 76.3 Å². The molecular formula is C28H32Cl2N2O4. The molecule has 0 radical (unpaired) electrons. The Morgan fingerprint density at radius 1 is 1.22 bits per heavy atom. The van der Waals surface area contributed by atoms with E-state index >= 15 is 0 Å². The number of fused-ring (bicyclic) bond motifs is 1. The lowest BCUT2D eigenvalue weighted by atomic mass is 9.55. The average molecular weight is 531 g/mol. The van der Waals surface area contributed by atoms with E-state index < -0.39 is 17.0 Å². The molecule has 0 spiro atoms. The number of benzene rings is 2. The Kier molecular flexibility index (Phi) is 8.10. The van der Waals surface area contributed by atoms with E-state index in [2.05, 4.69) is 16.8 Å². The lowest BCUT2D eigenvalue weighted by Crippen LogP contribution is -2.67. The highest BCUT2D eigenvalue weighted by Gasteiger charge is 2.57. The van der Waals surface area contributed by atoms with Gasteiger partial charge in [-0.25, -0.2) is 0 Å². The quantitative estimate of drug-likeness (QED) is 0.308. The summed E-state index contributed by atoms with van der Waals surface area (Å²) in [5, 5.41) is 16.1. The second-order valence-corrected chi connectivity index (χ2v) is 10.8. The first-order valence-corrected chi connectivity index (χ1v) is 13.0. The van der Waals surface area contributed by atoms with Crippen LogP contribution in [0.5, 0.6) is 5.75 Å². The monoisotopic (exact) mass is 530 g/mol. The van der Waals surface area contributed by atoms with Gasteiger partial charge < -0.3 is 15.2 Å². The Morgan fingerprint density at radius 3 is 2.75 bits per heavy atom. The maximum atomic E-state index is 12.9. The van der Waals surface area contributed by atoms with Gasteiger partial charge in [0.15, 0.2) is 0 Å². The lowest BCUT2D eigenvalue weighted by molar-refractivity contribution is -0.133. The molecule has 192 valence electrons. The predicted molar refractivity (Wildman–Crippen MR) is 142 cm³/mol. The minimum Gasteiger partial charge on any atom is -0.427 e. The van der Waals surface area contributed by atoms with Gasteiger partial charge in [0, 0.05) is 31.5 Å². The third kappa shape index (κ3) is 5.62. The lowest BCUT2D eigenvalue weighted by Gasteiger charge is -2.58. The molecule has 4 rings (SSSR count). The van der Waals surface area contributed by atoms with E-state index in [1.165, 1.54) is 6.92 Å². The van der Waals surface area contributed by atoms with Crippen molar-refractivity contribution in [3.63, 3.8) is 0 Å². The summed E-state index contributed by atoms with van der Waals surface area (Å²) in [6.07, 6.45) is 4.54. The van der Waals surface area contributed by atoms with Crippen LogP contribution in [0.1, 0.15) is 43.7 Å². The van der Waals surface area contributed by atoms with Crippen LogP contribution < -0.4 is 10.1 Å². The number of hydrogen-bond acceptors (Lipinski definition) is 5. The SMILES string of the molecule is C=CCN1CCC2(c3cccc(OC(C)=O)c3)CC(NC(=O)Cc3ccc(Cl)c(Cl)c3)CCC2(O)C1. The van der Waals surface area contributed by atoms with Gasteiger partial charge in [-0.15, -0.1) is 6.58 Å². The number of halogens is 2. The first-order chi connectivity index (χ1) is 17.1. The van der Waals surface area contributed by atoms with Gasteiger partial charge in [0.1, 0.15) is 5.75 Å². The van der Waals surface area contributed by atoms with Crippen LogP contribution in [-0.2, 0) is 21.4 Å². The summed E-state index contributed by atoms with van der Waals surface area (Å²) < 4.78 is 5.36. The van der Waals surface area contributed by atoms with E-state index in [0.29, 0.717) is 54.6 Å². The Labute approximate surface area is 222 Å². The predicted octanol–water partition coefficient (Wildman–Crippen LogP) is 4.69. The summed E-state index contributed by atoms with van der Waals surface area (Å²) in [6.45, 7) is 7.23. The van der Waals surface area contributed by atoms with Crippen molar-refractivity contribution in [1.82, 2.24) is 10.2 Å². The maximum absolute atomic E-state index is 12.9. The number of rotatable bonds is 7. The number of nitrogens with one attached hydrogen (secondary N) is 1. The van der Waals surface area contributed by atoms with Crippen LogP contribution in [-0.4, -0.2) is 53.2 Å². The first kappa shape index (κ1) is 26.7. The zero-order valence-corrected chi connectivity index (χ0v) is 21.9. The molecule has 6 nitrogen and oxygen atoms in total. The van der Waals surface area contributed by atoms with Crippen LogP contribution in [0, 0.1) is 0 Å². The second kappa shape index (κ2) is 10.9. The number of aliphatic hydroxyl groups is 1. The Balaban J connectivity index is 1.59. The van der Waals surface area contributed by atoms with Crippen molar-refractivity contribution in [2.45, 2.75) is 56.1 Å². The van der Waals surface area contributed by atoms with E-state index in [4.69, 9.17) is 27.9 Å². The molecule has 2 N–H and O–H groups in total. The van der Waals surface area contributed by atoms with Crippen LogP contribution in [0.3, 0.4) is 0 Å². The molecule has 1 saturated carbocycles. The highest BCUT2D eigenvalue weighted by Crippen LogP contribution is 2.52. The minimum absolute atomic E-state index is 0.100. The van der Waals surface area contributed by atoms with Crippen molar-refractivity contribution in [2.24, 2.45) is 0 Å². The molecule has 1 heterocycles. The fourth-order valence-corrected chi connectivity index (χ4v) is 6.18. The molecule has 8 heteroatoms. The topological polar surface area (TPSA) is 78.9 Å². The summed E-state index contributed by atoms with van der Waals surface area (Å²) in [5.41, 5.74) is 0.121. The number of amides is 1. The van der Waals surface area contributed by atoms with Crippen LogP contribution >= 0.6 is 23.2 Å². The van der Waals surface area contributed by atoms with Crippen LogP contribution in [0.2, 0.25) is 10.0 Å². The zero-order chi connectivity index (χ0) is 25.9. The van der Waals surface area contributed by atoms with Gasteiger partial charge in [-0.05, 0) is 67.6 Å². The standard InChI is InChI=1S/C28H32Cl2N2O4/c1-3-12-32-13-11-27(21-5-4-6-23(16-21)36-19(2)33)17-22(9-10-28(27,35)18-32)31-26(34)15-20-7-8-24(29)25(30)14-20/h3-8,14,16,22,35H,1,9-13,15,17-18H2,2H3,(H,31,34). The van der Waals surface area contributed by atoms with Crippen molar-refractivity contribution >= 4 is 35.1 Å². The third-order valence-corrected chi connectivity index (χ3v) is 8.22. The molecule has 1 aliphatic heterocycles. The molecule has 2 fully saturated rings. The molecule has 0 bridgehead atoms. The molecule has 1 amide bonds. The number of nitrogens with zero attached hydrogens (tertiary/aromatic N) is 1. The van der Waals surface area contributed by atoms with Gasteiger partial charge in [0.05, 0.1) is 22.1 Å². The number of piperidine rings is 1. The maximum Gasteiger partial charge on any atom is 0.308 e. The summed E-state index contributed by atoms with van der Waals surface area (Å²) in [6, 6.07) is 12.5. The van der Waals surface area contributed by atoms with E-state index in [-0.39, 0.29) is 18.4 Å². The number of carbonyl (C=O) groups is 2. The fourth-order valence-electron chi connectivity index (χ4n) is 5.86. The molecular weight excluding hydrogens is 499 g/mol. The largest absolute Gasteiger partial charge is 0.427 e. The normalized spacial score (nSPS) is 26.1. The Bertz CT molecular complexity index is 1160. The molecule has 2 aromatic carbocycles. The number of esters is 1. The fraction of sp³-hybridized carbons (Fsp3) is 0.429. The Hall–Kier alpha value is -2.38. The molecule has 1 aliphatic carbocycles. The second-order valence-electron chi connectivity index (χ2n) is 9.94. The van der Waals surface area contributed by atoms with Gasteiger partial charge in [-0.3, -0.25) is 14.5 Å². The number of likely N-dealkylation sites (tertiary alicyclic amines) is 1. The van der Waals surface area contributed by atoms with E-state index in [1.54, 1.807) is 24.3 Å². The smallest absolute Gasteiger partial charge is 0.308 e. The van der Waals surface area contributed by atoms with Crippen molar-refractivity contribution < 1.29 is 19.4 Å². The Morgan fingerprint density at radius 2 is 2.03 bits per heavy atom. The molecule has 3 atom stereocenters. The molecule has 1 saturated heterocycles. The number of ether oxygens (including phenoxy) is 1. The van der Waals surface area contributed by atoms with Crippen LogP contribution in [0.25, 0.3) is 0 Å². The minimum atomic E-state index is -0.992. The average Bonchev–Trinajstić information content (AvgIpc) is 2.81. The summed E-state index contributed by atoms with van der Waals surface area (Å²) in [4.78, 5) is 26.7. The summed E-state index contributed by atoms with van der Waals surface area (Å²) in [7, 11) is 0. The summed E-state index contributed by atoms with van der Waals surface area (Å²) >= 11 is 12.1. The molecule has 0 aromatic heterocycles. The van der Waals surface area contributed by atoms with E-state index in [9.17, 15) is 14.7 Å². The zero-order valence-electron chi connectivity index (χ0n) is 20.4. The highest BCUT2D eigenvalue weighted by atomic mass is 35.5. The van der Waals surface area contributed by atoms with Crippen LogP contribution in [0.4, 0.5) is 0 Å². The van der Waals surface area contributed by atoms with Gasteiger partial charge in [0.25, 0.3) is 0 Å². The van der Waals surface area contributed by atoms with Gasteiger partial charge in [0.2, 0.25) is 5.91 Å². The third-order valence-electron chi connectivity index (χ3n) is 7.48. The van der Waals surface area contributed by atoms with Gasteiger partial charge in [-0.1, -0.05) is 47.5 Å². The number of carbonyl (C=O) groups excluding carboxylic acids is 2. The summed E-state index contributed by atoms with van der Waals surface area (Å²) in [5.74, 6) is -0.0374. The van der Waals surface area contributed by atoms with Crippen molar-refractivity contribution in [2.75, 3.05) is 19.6 Å². The first-order valence-electron chi connectivity index (χ1n) is 12.2. The van der Waals surface area contributed by atoms with Gasteiger partial charge in [-0.2, -0.15) is 0 Å². The molecule has 36 heavy (non-hydrogen) atoms. The molecule has 3 unspecified atom stereocenters. The van der Waals surface area contributed by atoms with E-state index in [1.807, 2.05) is 24.3 Å². The molecule has 2 aliphatic rings. The van der Waals surface area contributed by atoms with Gasteiger partial charge >= 0.3 is 5.97 Å². The molecule has 2 aromatic rings. The van der Waals surface area contributed by atoms with Crippen molar-refractivity contribution in [3.8, 4) is 5.75 Å². The van der Waals surface area contributed by atoms with E-state index in [0.717, 1.165) is 17.7 Å². The van der Waals surface area contributed by atoms with Crippen LogP contribution in [0.15, 0.2) is 55.1 Å². The number of hydrogen-bond donors (Lipinski definition) is 2. The van der Waals surface area contributed by atoms with Crippen molar-refractivity contribution in [1.29, 1.82) is 0 Å². The highest BCUT2D eigenvalue weighted by molar-refractivity contribution is 6.42.